The van der Waals surface area contributed by atoms with Crippen molar-refractivity contribution in [2.24, 2.45) is 5.92 Å². The first-order chi connectivity index (χ1) is 9.02. The van der Waals surface area contributed by atoms with Crippen molar-refractivity contribution in [3.63, 3.8) is 0 Å². The van der Waals surface area contributed by atoms with Gasteiger partial charge in [-0.3, -0.25) is 0 Å². The van der Waals surface area contributed by atoms with Crippen LogP contribution in [0.4, 0.5) is 5.82 Å². The number of aromatic nitrogens is 2. The summed E-state index contributed by atoms with van der Waals surface area (Å²) in [6.45, 7) is 10.4. The third-order valence-corrected chi connectivity index (χ3v) is 2.41. The van der Waals surface area contributed by atoms with E-state index in [2.05, 4.69) is 43.0 Å². The first-order valence-corrected chi connectivity index (χ1v) is 6.77. The maximum atomic E-state index is 5.68. The molecule has 1 aromatic heterocycles. The van der Waals surface area contributed by atoms with E-state index in [1.807, 2.05) is 6.07 Å². The number of hydrogen-bond acceptors (Lipinski definition) is 5. The summed E-state index contributed by atoms with van der Waals surface area (Å²) < 4.78 is 10.7. The predicted octanol–water partition coefficient (Wildman–Crippen LogP) is 2.69. The highest BCUT2D eigenvalue weighted by molar-refractivity contribution is 5.38. The molecule has 1 N–H and O–H groups in total. The van der Waals surface area contributed by atoms with Crippen molar-refractivity contribution >= 4 is 5.82 Å². The summed E-state index contributed by atoms with van der Waals surface area (Å²) in [5.74, 6) is 2.95. The molecule has 0 bridgehead atoms. The number of ether oxygens (including phenoxy) is 2. The van der Waals surface area contributed by atoms with Gasteiger partial charge in [0.05, 0.1) is 13.2 Å². The van der Waals surface area contributed by atoms with Crippen LogP contribution < -0.4 is 10.1 Å². The molecule has 19 heavy (non-hydrogen) atoms. The van der Waals surface area contributed by atoms with Gasteiger partial charge in [-0.1, -0.05) is 27.7 Å². The molecule has 0 saturated heterocycles. The minimum Gasteiger partial charge on any atom is -0.477 e. The fraction of sp³-hybridized carbons (Fsp3) is 0.714. The maximum Gasteiger partial charge on any atom is 0.218 e. The monoisotopic (exact) mass is 267 g/mol. The van der Waals surface area contributed by atoms with E-state index in [1.165, 1.54) is 0 Å². The Morgan fingerprint density at radius 2 is 1.95 bits per heavy atom. The van der Waals surface area contributed by atoms with Gasteiger partial charge in [-0.15, -0.1) is 0 Å². The van der Waals surface area contributed by atoms with Crippen molar-refractivity contribution in [1.82, 2.24) is 9.97 Å². The zero-order chi connectivity index (χ0) is 14.3. The van der Waals surface area contributed by atoms with Crippen LogP contribution in [0.5, 0.6) is 5.88 Å². The third-order valence-electron chi connectivity index (χ3n) is 2.41. The Balaban J connectivity index is 2.78. The number of methoxy groups -OCH3 is 1. The Kier molecular flexibility index (Phi) is 6.56. The maximum absolute atomic E-state index is 5.68. The molecular weight excluding hydrogens is 242 g/mol. The zero-order valence-electron chi connectivity index (χ0n) is 12.6. The topological polar surface area (TPSA) is 56.3 Å². The molecule has 0 aliphatic rings. The van der Waals surface area contributed by atoms with Crippen LogP contribution >= 0.6 is 0 Å². The molecule has 0 aliphatic heterocycles. The van der Waals surface area contributed by atoms with Crippen molar-refractivity contribution in [3.05, 3.63) is 11.9 Å². The lowest BCUT2D eigenvalue weighted by atomic mass is 10.2. The molecule has 5 nitrogen and oxygen atoms in total. The van der Waals surface area contributed by atoms with Crippen LogP contribution in [0.25, 0.3) is 0 Å². The molecule has 0 aliphatic carbocycles. The molecule has 0 aromatic carbocycles. The van der Waals surface area contributed by atoms with Gasteiger partial charge in [-0.2, -0.15) is 4.98 Å². The summed E-state index contributed by atoms with van der Waals surface area (Å²) in [6.07, 6.45) is 0. The van der Waals surface area contributed by atoms with E-state index in [0.29, 0.717) is 31.6 Å². The summed E-state index contributed by atoms with van der Waals surface area (Å²) in [5, 5.41) is 3.21. The first kappa shape index (κ1) is 15.7. The fourth-order valence-electron chi connectivity index (χ4n) is 1.40. The van der Waals surface area contributed by atoms with Crippen LogP contribution in [-0.4, -0.2) is 36.8 Å². The summed E-state index contributed by atoms with van der Waals surface area (Å²) in [7, 11) is 1.68. The lowest BCUT2D eigenvalue weighted by Crippen LogP contribution is -2.12. The van der Waals surface area contributed by atoms with Crippen LogP contribution in [0.1, 0.15) is 39.4 Å². The van der Waals surface area contributed by atoms with Gasteiger partial charge >= 0.3 is 0 Å². The molecule has 0 fully saturated rings. The van der Waals surface area contributed by atoms with Crippen molar-refractivity contribution in [1.29, 1.82) is 0 Å². The molecule has 108 valence electrons. The van der Waals surface area contributed by atoms with Crippen molar-refractivity contribution in [3.8, 4) is 5.88 Å². The molecule has 0 amide bonds. The lowest BCUT2D eigenvalue weighted by Gasteiger charge is -2.13. The first-order valence-electron chi connectivity index (χ1n) is 6.77. The number of anilines is 1. The SMILES string of the molecule is COCCNc1cc(OCC(C)C)nc(C(C)C)n1. The molecule has 0 radical (unpaired) electrons. The van der Waals surface area contributed by atoms with Crippen molar-refractivity contribution in [2.45, 2.75) is 33.6 Å². The normalized spacial score (nSPS) is 11.1. The van der Waals surface area contributed by atoms with Crippen LogP contribution in [-0.2, 0) is 4.74 Å². The van der Waals surface area contributed by atoms with E-state index in [9.17, 15) is 0 Å². The van der Waals surface area contributed by atoms with Gasteiger partial charge in [-0.25, -0.2) is 4.98 Å². The van der Waals surface area contributed by atoms with Gasteiger partial charge in [0, 0.05) is 25.6 Å². The Morgan fingerprint density at radius 1 is 1.21 bits per heavy atom. The highest BCUT2D eigenvalue weighted by Crippen LogP contribution is 2.18. The van der Waals surface area contributed by atoms with Gasteiger partial charge in [-0.05, 0) is 5.92 Å². The van der Waals surface area contributed by atoms with E-state index in [4.69, 9.17) is 9.47 Å². The Bertz CT molecular complexity index is 381. The number of rotatable bonds is 8. The van der Waals surface area contributed by atoms with E-state index in [1.54, 1.807) is 7.11 Å². The van der Waals surface area contributed by atoms with Gasteiger partial charge < -0.3 is 14.8 Å². The van der Waals surface area contributed by atoms with Gasteiger partial charge in [0.1, 0.15) is 11.6 Å². The van der Waals surface area contributed by atoms with Gasteiger partial charge in [0.25, 0.3) is 0 Å². The summed E-state index contributed by atoms with van der Waals surface area (Å²) in [4.78, 5) is 8.90. The molecule has 0 saturated carbocycles. The van der Waals surface area contributed by atoms with E-state index >= 15 is 0 Å². The fourth-order valence-corrected chi connectivity index (χ4v) is 1.40. The smallest absolute Gasteiger partial charge is 0.218 e. The highest BCUT2D eigenvalue weighted by atomic mass is 16.5. The quantitative estimate of drug-likeness (QED) is 0.734. The molecule has 5 heteroatoms. The number of hydrogen-bond donors (Lipinski definition) is 1. The largest absolute Gasteiger partial charge is 0.477 e. The molecule has 1 heterocycles. The number of nitrogens with one attached hydrogen (secondary N) is 1. The molecule has 0 spiro atoms. The highest BCUT2D eigenvalue weighted by Gasteiger charge is 2.09. The Hall–Kier alpha value is -1.36. The van der Waals surface area contributed by atoms with Crippen LogP contribution in [0.15, 0.2) is 6.07 Å². The van der Waals surface area contributed by atoms with E-state index < -0.39 is 0 Å². The third kappa shape index (κ3) is 5.87. The molecule has 0 atom stereocenters. The van der Waals surface area contributed by atoms with Gasteiger partial charge in [0.2, 0.25) is 5.88 Å². The van der Waals surface area contributed by atoms with Crippen LogP contribution in [0.3, 0.4) is 0 Å². The second kappa shape index (κ2) is 7.94. The lowest BCUT2D eigenvalue weighted by molar-refractivity contribution is 0.210. The summed E-state index contributed by atoms with van der Waals surface area (Å²) in [5.41, 5.74) is 0. The van der Waals surface area contributed by atoms with E-state index in [0.717, 1.165) is 11.6 Å². The Labute approximate surface area is 115 Å². The second-order valence-electron chi connectivity index (χ2n) is 5.23. The second-order valence-corrected chi connectivity index (χ2v) is 5.23. The minimum absolute atomic E-state index is 0.269. The molecule has 0 unspecified atom stereocenters. The minimum atomic E-state index is 0.269. The summed E-state index contributed by atoms with van der Waals surface area (Å²) in [6, 6.07) is 1.84. The summed E-state index contributed by atoms with van der Waals surface area (Å²) >= 11 is 0. The average Bonchev–Trinajstić information content (AvgIpc) is 2.36. The Morgan fingerprint density at radius 3 is 2.53 bits per heavy atom. The molecule has 1 aromatic rings. The average molecular weight is 267 g/mol. The number of nitrogens with zero attached hydrogens (tertiary/aromatic N) is 2. The zero-order valence-corrected chi connectivity index (χ0v) is 12.6. The molecular formula is C14H25N3O2. The van der Waals surface area contributed by atoms with Crippen LogP contribution in [0.2, 0.25) is 0 Å². The van der Waals surface area contributed by atoms with Gasteiger partial charge in [0.15, 0.2) is 0 Å². The standard InChI is InChI=1S/C14H25N3O2/c1-10(2)9-19-13-8-12(15-6-7-18-5)16-14(17-13)11(3)4/h8,10-11H,6-7,9H2,1-5H3,(H,15,16,17). The van der Waals surface area contributed by atoms with E-state index in [-0.39, 0.29) is 5.92 Å². The van der Waals surface area contributed by atoms with Crippen molar-refractivity contribution in [2.75, 3.05) is 32.2 Å². The van der Waals surface area contributed by atoms with Crippen molar-refractivity contribution < 1.29 is 9.47 Å². The molecule has 1 rings (SSSR count). The van der Waals surface area contributed by atoms with Crippen LogP contribution in [0, 0.1) is 5.92 Å². The predicted molar refractivity (Wildman–Crippen MR) is 76.8 cm³/mol.